The van der Waals surface area contributed by atoms with Gasteiger partial charge in [-0.3, -0.25) is 14.6 Å². The minimum Gasteiger partial charge on any atom is -0.381 e. The van der Waals surface area contributed by atoms with Crippen molar-refractivity contribution in [2.75, 3.05) is 50.2 Å². The molecule has 14 heteroatoms. The van der Waals surface area contributed by atoms with Gasteiger partial charge in [0.25, 0.3) is 10.0 Å². The number of morpholine rings is 1. The molecule has 2 saturated heterocycles. The van der Waals surface area contributed by atoms with E-state index in [9.17, 15) is 8.42 Å². The van der Waals surface area contributed by atoms with E-state index in [1.165, 1.54) is 3.97 Å². The van der Waals surface area contributed by atoms with Gasteiger partial charge in [0.2, 0.25) is 5.95 Å². The number of aryl methyl sites for hydroxylation is 1. The lowest BCUT2D eigenvalue weighted by Gasteiger charge is -2.39. The maximum absolute atomic E-state index is 14.4. The summed E-state index contributed by atoms with van der Waals surface area (Å²) in [6.07, 6.45) is 14.7. The summed E-state index contributed by atoms with van der Waals surface area (Å²) in [5.74, 6) is 0.877. The first-order chi connectivity index (χ1) is 24.4. The number of fused-ring (bicyclic) bond motifs is 1. The lowest BCUT2D eigenvalue weighted by molar-refractivity contribution is 0.00791. The van der Waals surface area contributed by atoms with Gasteiger partial charge in [-0.15, -0.1) is 0 Å². The Morgan fingerprint density at radius 1 is 0.820 bits per heavy atom. The molecule has 2 aliphatic heterocycles. The van der Waals surface area contributed by atoms with Crippen molar-refractivity contribution in [1.29, 1.82) is 0 Å². The average Bonchev–Trinajstić information content (AvgIpc) is 3.79. The molecule has 0 bridgehead atoms. The van der Waals surface area contributed by atoms with E-state index in [0.717, 1.165) is 81.6 Å². The second-order valence-corrected chi connectivity index (χ2v) is 15.3. The molecule has 1 aromatic carbocycles. The highest BCUT2D eigenvalue weighted by atomic mass is 32.2. The van der Waals surface area contributed by atoms with Crippen molar-refractivity contribution in [2.45, 2.75) is 68.5 Å². The van der Waals surface area contributed by atoms with Crippen molar-refractivity contribution in [3.8, 4) is 11.1 Å². The minimum absolute atomic E-state index is 0.164. The zero-order valence-electron chi connectivity index (χ0n) is 28.2. The van der Waals surface area contributed by atoms with Gasteiger partial charge < -0.3 is 20.1 Å². The summed E-state index contributed by atoms with van der Waals surface area (Å²) in [7, 11) is -4.03. The number of aromatic nitrogens is 6. The third kappa shape index (κ3) is 6.72. The zero-order valence-corrected chi connectivity index (χ0v) is 29.1. The molecule has 5 aromatic rings. The molecule has 0 radical (unpaired) electrons. The van der Waals surface area contributed by atoms with Gasteiger partial charge in [-0.1, -0.05) is 17.7 Å². The molecule has 0 spiro atoms. The fraction of sp³-hybridized carbons (Fsp3) is 0.444. The van der Waals surface area contributed by atoms with Crippen LogP contribution < -0.4 is 10.6 Å². The topological polar surface area (TPSA) is 141 Å². The molecular formula is C36H43N9O4S. The molecule has 3 aliphatic rings. The molecule has 13 nitrogen and oxygen atoms in total. The van der Waals surface area contributed by atoms with Crippen LogP contribution >= 0.6 is 0 Å². The molecule has 1 saturated carbocycles. The van der Waals surface area contributed by atoms with Crippen LogP contribution in [0.5, 0.6) is 0 Å². The first kappa shape index (κ1) is 32.8. The molecule has 2 N–H and O–H groups in total. The Bertz CT molecular complexity index is 2030. The number of rotatable bonds is 9. The van der Waals surface area contributed by atoms with Gasteiger partial charge in [-0.05, 0) is 75.3 Å². The molecule has 0 amide bonds. The second-order valence-electron chi connectivity index (χ2n) is 13.5. The van der Waals surface area contributed by atoms with Crippen molar-refractivity contribution in [2.24, 2.45) is 0 Å². The highest BCUT2D eigenvalue weighted by Gasteiger charge is 2.30. The third-order valence-electron chi connectivity index (χ3n) is 10.2. The number of anilines is 3. The van der Waals surface area contributed by atoms with Crippen LogP contribution in [-0.2, 0) is 19.5 Å². The molecule has 0 atom stereocenters. The predicted octanol–water partition coefficient (Wildman–Crippen LogP) is 5.39. The number of benzene rings is 1. The van der Waals surface area contributed by atoms with Crippen molar-refractivity contribution in [1.82, 2.24) is 33.6 Å². The van der Waals surface area contributed by atoms with Crippen LogP contribution in [-0.4, -0.2) is 93.6 Å². The molecule has 3 fully saturated rings. The number of nitrogens with one attached hydrogen (secondary N) is 2. The van der Waals surface area contributed by atoms with Crippen LogP contribution in [0.2, 0.25) is 0 Å². The Kier molecular flexibility index (Phi) is 9.25. The van der Waals surface area contributed by atoms with E-state index in [0.29, 0.717) is 36.0 Å². The van der Waals surface area contributed by atoms with Gasteiger partial charge in [0.15, 0.2) is 5.65 Å². The van der Waals surface area contributed by atoms with Crippen molar-refractivity contribution < 1.29 is 17.9 Å². The van der Waals surface area contributed by atoms with Gasteiger partial charge in [-0.2, -0.15) is 15.1 Å². The van der Waals surface area contributed by atoms with Crippen molar-refractivity contribution in [3.05, 3.63) is 72.9 Å². The Labute approximate surface area is 292 Å². The standard InChI is InChI=1S/C36H43N9O4S/c1-25-2-8-31(9-3-25)50(46,47)45-24-32(26-10-14-37-15-11-26)33-34(39-27-4-6-29(7-5-27)43-16-20-49-21-17-43)41-36(42-35(33)45)40-28-22-38-44(23-28)30-12-18-48-19-13-30/h2-3,8-11,14-15,22-24,27,29-30H,4-7,12-13,16-21H2,1H3,(H2,39,40,41,42). The number of hydrogen-bond acceptors (Lipinski definition) is 11. The molecule has 0 unspecified atom stereocenters. The number of pyridine rings is 1. The Morgan fingerprint density at radius 2 is 1.54 bits per heavy atom. The summed E-state index contributed by atoms with van der Waals surface area (Å²) in [6, 6.07) is 11.6. The van der Waals surface area contributed by atoms with E-state index in [1.54, 1.807) is 49.1 Å². The van der Waals surface area contributed by atoms with E-state index in [2.05, 4.69) is 25.6 Å². The van der Waals surface area contributed by atoms with Crippen LogP contribution in [0.15, 0.2) is 72.3 Å². The van der Waals surface area contributed by atoms with Gasteiger partial charge >= 0.3 is 0 Å². The lowest BCUT2D eigenvalue weighted by Crippen LogP contribution is -2.46. The maximum atomic E-state index is 14.4. The quantitative estimate of drug-likeness (QED) is 0.205. The average molecular weight is 698 g/mol. The smallest absolute Gasteiger partial charge is 0.269 e. The van der Waals surface area contributed by atoms with Crippen LogP contribution in [0.1, 0.15) is 50.1 Å². The number of hydrogen-bond donors (Lipinski definition) is 2. The lowest BCUT2D eigenvalue weighted by atomic mass is 9.90. The Hall–Kier alpha value is -4.37. The summed E-state index contributed by atoms with van der Waals surface area (Å²) < 4.78 is 43.1. The van der Waals surface area contributed by atoms with Gasteiger partial charge in [0, 0.05) is 68.7 Å². The number of nitrogens with zero attached hydrogens (tertiary/aromatic N) is 7. The van der Waals surface area contributed by atoms with Crippen LogP contribution in [0.25, 0.3) is 22.2 Å². The van der Waals surface area contributed by atoms with Gasteiger partial charge in [-0.25, -0.2) is 12.4 Å². The molecule has 6 heterocycles. The monoisotopic (exact) mass is 697 g/mol. The zero-order chi connectivity index (χ0) is 34.1. The van der Waals surface area contributed by atoms with E-state index >= 15 is 0 Å². The van der Waals surface area contributed by atoms with Crippen LogP contribution in [0.3, 0.4) is 0 Å². The highest BCUT2D eigenvalue weighted by Crippen LogP contribution is 2.38. The van der Waals surface area contributed by atoms with E-state index in [4.69, 9.17) is 19.4 Å². The molecular weight excluding hydrogens is 655 g/mol. The fourth-order valence-electron chi connectivity index (χ4n) is 7.42. The molecule has 4 aromatic heterocycles. The maximum Gasteiger partial charge on any atom is 0.269 e. The summed E-state index contributed by atoms with van der Waals surface area (Å²) in [4.78, 5) is 16.9. The highest BCUT2D eigenvalue weighted by molar-refractivity contribution is 7.90. The molecule has 8 rings (SSSR count). The second kappa shape index (κ2) is 14.1. The molecule has 1 aliphatic carbocycles. The molecule has 50 heavy (non-hydrogen) atoms. The summed E-state index contributed by atoms with van der Waals surface area (Å²) in [6.45, 7) is 6.90. The summed E-state index contributed by atoms with van der Waals surface area (Å²) >= 11 is 0. The van der Waals surface area contributed by atoms with Crippen LogP contribution in [0, 0.1) is 6.92 Å². The SMILES string of the molecule is Cc1ccc(S(=O)(=O)n2cc(-c3ccncc3)c3c(NC4CCC(N5CCOCC5)CC4)nc(Nc4cnn(C5CCOCC5)c4)nc32)cc1. The van der Waals surface area contributed by atoms with E-state index < -0.39 is 10.0 Å². The Balaban J connectivity index is 1.20. The first-order valence-corrected chi connectivity index (χ1v) is 19.0. The van der Waals surface area contributed by atoms with E-state index in [1.807, 2.05) is 29.9 Å². The number of ether oxygens (including phenoxy) is 2. The fourth-order valence-corrected chi connectivity index (χ4v) is 8.73. The summed E-state index contributed by atoms with van der Waals surface area (Å²) in [5, 5.41) is 12.4. The normalized spacial score (nSPS) is 21.0. The van der Waals surface area contributed by atoms with Crippen molar-refractivity contribution in [3.63, 3.8) is 0 Å². The predicted molar refractivity (Wildman–Crippen MR) is 191 cm³/mol. The largest absolute Gasteiger partial charge is 0.381 e. The first-order valence-electron chi connectivity index (χ1n) is 17.6. The van der Waals surface area contributed by atoms with Crippen molar-refractivity contribution >= 4 is 38.5 Å². The van der Waals surface area contributed by atoms with E-state index in [-0.39, 0.29) is 28.6 Å². The summed E-state index contributed by atoms with van der Waals surface area (Å²) in [5.41, 5.74) is 3.52. The van der Waals surface area contributed by atoms with Gasteiger partial charge in [0.1, 0.15) is 5.82 Å². The van der Waals surface area contributed by atoms with Gasteiger partial charge in [0.05, 0.1) is 41.4 Å². The Morgan fingerprint density at radius 3 is 2.28 bits per heavy atom. The molecule has 262 valence electrons. The van der Waals surface area contributed by atoms with Crippen LogP contribution in [0.4, 0.5) is 17.5 Å². The minimum atomic E-state index is -4.03. The third-order valence-corrected chi connectivity index (χ3v) is 11.9.